The highest BCUT2D eigenvalue weighted by Crippen LogP contribution is 2.21. The summed E-state index contributed by atoms with van der Waals surface area (Å²) in [6.45, 7) is 6.09. The largest absolute Gasteiger partial charge is 0.481 e. The molecule has 3 N–H and O–H groups in total. The van der Waals surface area contributed by atoms with E-state index in [4.69, 9.17) is 5.11 Å². The van der Waals surface area contributed by atoms with Crippen molar-refractivity contribution < 1.29 is 14.7 Å². The fraction of sp³-hybridized carbons (Fsp3) is 0.533. The second-order valence-electron chi connectivity index (χ2n) is 6.43. The van der Waals surface area contributed by atoms with E-state index in [-0.39, 0.29) is 17.4 Å². The Morgan fingerprint density at radius 2 is 2.14 bits per heavy atom. The molecule has 0 aliphatic heterocycles. The molecule has 0 fully saturated rings. The van der Waals surface area contributed by atoms with E-state index in [1.54, 1.807) is 12.1 Å². The highest BCUT2D eigenvalue weighted by molar-refractivity contribution is 5.92. The number of allylic oxidation sites excluding steroid dienone is 1. The minimum absolute atomic E-state index is 0.106. The van der Waals surface area contributed by atoms with Crippen LogP contribution in [0.3, 0.4) is 0 Å². The van der Waals surface area contributed by atoms with Crippen LogP contribution in [0.4, 0.5) is 0 Å². The summed E-state index contributed by atoms with van der Waals surface area (Å²) in [5, 5.41) is 18.7. The van der Waals surface area contributed by atoms with Gasteiger partial charge in [0.15, 0.2) is 0 Å². The Labute approximate surface area is 123 Å². The molecule has 114 valence electrons. The number of aromatic nitrogens is 2. The lowest BCUT2D eigenvalue weighted by atomic mass is 9.91. The van der Waals surface area contributed by atoms with Gasteiger partial charge in [-0.1, -0.05) is 32.9 Å². The normalized spacial score (nSPS) is 22.0. The molecule has 0 saturated heterocycles. The monoisotopic (exact) mass is 291 g/mol. The minimum Gasteiger partial charge on any atom is -0.481 e. The topological polar surface area (TPSA) is 95.1 Å². The Bertz CT molecular complexity index is 569. The zero-order chi connectivity index (χ0) is 15.6. The van der Waals surface area contributed by atoms with Gasteiger partial charge in [-0.15, -0.1) is 0 Å². The summed E-state index contributed by atoms with van der Waals surface area (Å²) in [5.41, 5.74) is 1.10. The number of nitrogens with one attached hydrogen (secondary N) is 2. The van der Waals surface area contributed by atoms with Gasteiger partial charge in [-0.3, -0.25) is 14.7 Å². The van der Waals surface area contributed by atoms with E-state index in [9.17, 15) is 9.59 Å². The van der Waals surface area contributed by atoms with Crippen LogP contribution in [0, 0.1) is 5.92 Å². The van der Waals surface area contributed by atoms with Crippen molar-refractivity contribution in [2.45, 2.75) is 45.1 Å². The molecule has 1 aliphatic rings. The van der Waals surface area contributed by atoms with Gasteiger partial charge in [0.25, 0.3) is 5.91 Å². The Kier molecular flexibility index (Phi) is 4.16. The van der Waals surface area contributed by atoms with Gasteiger partial charge in [0.05, 0.1) is 5.92 Å². The van der Waals surface area contributed by atoms with Crippen LogP contribution in [0.15, 0.2) is 18.2 Å². The van der Waals surface area contributed by atoms with Gasteiger partial charge >= 0.3 is 5.97 Å². The van der Waals surface area contributed by atoms with Crippen LogP contribution < -0.4 is 5.32 Å². The molecule has 6 nitrogen and oxygen atoms in total. The summed E-state index contributed by atoms with van der Waals surface area (Å²) < 4.78 is 0. The van der Waals surface area contributed by atoms with Crippen molar-refractivity contribution in [3.8, 4) is 0 Å². The van der Waals surface area contributed by atoms with Crippen molar-refractivity contribution >= 4 is 11.9 Å². The lowest BCUT2D eigenvalue weighted by Crippen LogP contribution is -2.37. The lowest BCUT2D eigenvalue weighted by molar-refractivity contribution is -0.142. The maximum atomic E-state index is 12.2. The van der Waals surface area contributed by atoms with Gasteiger partial charge in [-0.25, -0.2) is 0 Å². The molecule has 1 heterocycles. The number of carbonyl (C=O) groups excluding carboxylic acids is 1. The summed E-state index contributed by atoms with van der Waals surface area (Å²) in [6.07, 6.45) is 4.57. The molecular formula is C15H21N3O3. The number of carboxylic acid groups (broad SMARTS) is 1. The number of H-pyrrole nitrogens is 1. The average Bonchev–Trinajstić information content (AvgIpc) is 2.88. The molecule has 0 bridgehead atoms. The summed E-state index contributed by atoms with van der Waals surface area (Å²) in [7, 11) is 0. The molecule has 21 heavy (non-hydrogen) atoms. The van der Waals surface area contributed by atoms with E-state index >= 15 is 0 Å². The molecule has 1 amide bonds. The zero-order valence-corrected chi connectivity index (χ0v) is 12.5. The fourth-order valence-electron chi connectivity index (χ4n) is 2.26. The van der Waals surface area contributed by atoms with Crippen LogP contribution in [0.25, 0.3) is 0 Å². The molecule has 0 spiro atoms. The van der Waals surface area contributed by atoms with Crippen LogP contribution in [0.1, 0.15) is 49.8 Å². The molecular weight excluding hydrogens is 270 g/mol. The first-order valence-corrected chi connectivity index (χ1v) is 7.03. The number of hydrogen-bond acceptors (Lipinski definition) is 3. The number of carbonyl (C=O) groups is 2. The molecule has 1 aromatic rings. The smallest absolute Gasteiger partial charge is 0.306 e. The fourth-order valence-corrected chi connectivity index (χ4v) is 2.26. The van der Waals surface area contributed by atoms with E-state index < -0.39 is 11.9 Å². The lowest BCUT2D eigenvalue weighted by Gasteiger charge is -2.22. The third-order valence-electron chi connectivity index (χ3n) is 3.61. The van der Waals surface area contributed by atoms with Gasteiger partial charge < -0.3 is 10.4 Å². The highest BCUT2D eigenvalue weighted by Gasteiger charge is 2.26. The minimum atomic E-state index is -0.826. The van der Waals surface area contributed by atoms with E-state index in [1.165, 1.54) is 0 Å². The highest BCUT2D eigenvalue weighted by atomic mass is 16.4. The molecule has 1 aromatic heterocycles. The van der Waals surface area contributed by atoms with Crippen LogP contribution in [-0.2, 0) is 10.2 Å². The first-order chi connectivity index (χ1) is 9.77. The maximum absolute atomic E-state index is 12.2. The predicted octanol–water partition coefficient (Wildman–Crippen LogP) is 1.86. The third-order valence-corrected chi connectivity index (χ3v) is 3.61. The van der Waals surface area contributed by atoms with Crippen molar-refractivity contribution in [3.05, 3.63) is 29.6 Å². The molecule has 2 atom stereocenters. The summed E-state index contributed by atoms with van der Waals surface area (Å²) in [6, 6.07) is 1.47. The van der Waals surface area contributed by atoms with Crippen LogP contribution in [-0.4, -0.2) is 33.2 Å². The predicted molar refractivity (Wildman–Crippen MR) is 78.0 cm³/mol. The number of hydrogen-bond donors (Lipinski definition) is 3. The molecule has 0 unspecified atom stereocenters. The van der Waals surface area contributed by atoms with Crippen LogP contribution in [0.2, 0.25) is 0 Å². The zero-order valence-electron chi connectivity index (χ0n) is 12.5. The van der Waals surface area contributed by atoms with Crippen molar-refractivity contribution in [1.82, 2.24) is 15.5 Å². The molecule has 0 saturated carbocycles. The van der Waals surface area contributed by atoms with Gasteiger partial charge in [0, 0.05) is 17.2 Å². The number of aliphatic carboxylic acids is 1. The van der Waals surface area contributed by atoms with Crippen molar-refractivity contribution in [2.75, 3.05) is 0 Å². The van der Waals surface area contributed by atoms with E-state index in [0.29, 0.717) is 18.5 Å². The second-order valence-corrected chi connectivity index (χ2v) is 6.43. The number of aromatic amines is 1. The van der Waals surface area contributed by atoms with Crippen molar-refractivity contribution in [2.24, 2.45) is 5.92 Å². The van der Waals surface area contributed by atoms with E-state index in [1.807, 2.05) is 26.8 Å². The summed E-state index contributed by atoms with van der Waals surface area (Å²) >= 11 is 0. The third kappa shape index (κ3) is 3.71. The standard InChI is InChI=1S/C15H21N3O3/c1-15(2,3)12-8-11(17-18-12)13(19)16-10-6-4-5-9(7-10)14(20)21/h4,6,8-10H,5,7H2,1-3H3,(H,16,19)(H,17,18)(H,20,21)/t9-,10-/m0/s1. The van der Waals surface area contributed by atoms with Crippen LogP contribution >= 0.6 is 0 Å². The quantitative estimate of drug-likeness (QED) is 0.741. The van der Waals surface area contributed by atoms with Crippen LogP contribution in [0.5, 0.6) is 0 Å². The molecule has 6 heteroatoms. The van der Waals surface area contributed by atoms with Crippen molar-refractivity contribution in [3.63, 3.8) is 0 Å². The Hall–Kier alpha value is -2.11. The SMILES string of the molecule is CC(C)(C)c1cc(C(=O)N[C@H]2C=CC[C@H](C(=O)O)C2)n[nH]1. The molecule has 0 radical (unpaired) electrons. The maximum Gasteiger partial charge on any atom is 0.306 e. The Morgan fingerprint density at radius 1 is 1.43 bits per heavy atom. The number of amides is 1. The van der Waals surface area contributed by atoms with Crippen molar-refractivity contribution in [1.29, 1.82) is 0 Å². The van der Waals surface area contributed by atoms with Gasteiger partial charge in [0.1, 0.15) is 5.69 Å². The molecule has 2 rings (SSSR count). The summed E-state index contributed by atoms with van der Waals surface area (Å²) in [4.78, 5) is 23.2. The van der Waals surface area contributed by atoms with Gasteiger partial charge in [-0.2, -0.15) is 5.10 Å². The summed E-state index contributed by atoms with van der Waals surface area (Å²) in [5.74, 6) is -1.56. The number of rotatable bonds is 3. The molecule has 0 aromatic carbocycles. The Balaban J connectivity index is 2.02. The van der Waals surface area contributed by atoms with Gasteiger partial charge in [0.2, 0.25) is 0 Å². The average molecular weight is 291 g/mol. The van der Waals surface area contributed by atoms with Gasteiger partial charge in [-0.05, 0) is 18.9 Å². The number of nitrogens with zero attached hydrogens (tertiary/aromatic N) is 1. The Morgan fingerprint density at radius 3 is 2.71 bits per heavy atom. The van der Waals surface area contributed by atoms with E-state index in [2.05, 4.69) is 15.5 Å². The van der Waals surface area contributed by atoms with E-state index in [0.717, 1.165) is 5.69 Å². The first-order valence-electron chi connectivity index (χ1n) is 7.03. The second kappa shape index (κ2) is 5.71. The first kappa shape index (κ1) is 15.3. The molecule has 1 aliphatic carbocycles. The number of carboxylic acids is 1.